The van der Waals surface area contributed by atoms with Crippen LogP contribution in [-0.2, 0) is 4.79 Å². The molecule has 21 heavy (non-hydrogen) atoms. The Hall–Kier alpha value is -1.88. The van der Waals surface area contributed by atoms with E-state index >= 15 is 0 Å². The van der Waals surface area contributed by atoms with Crippen LogP contribution < -0.4 is 5.32 Å². The predicted octanol–water partition coefficient (Wildman–Crippen LogP) is 3.44. The molecular weight excluding hydrogens is 282 g/mol. The van der Waals surface area contributed by atoms with Gasteiger partial charge in [-0.25, -0.2) is 9.97 Å². The first-order chi connectivity index (χ1) is 9.94. The summed E-state index contributed by atoms with van der Waals surface area (Å²) in [6.07, 6.45) is 0. The van der Waals surface area contributed by atoms with Crippen LogP contribution in [-0.4, -0.2) is 21.6 Å². The van der Waals surface area contributed by atoms with Gasteiger partial charge in [0, 0.05) is 17.1 Å². The van der Waals surface area contributed by atoms with Crippen molar-refractivity contribution < 1.29 is 4.79 Å². The molecule has 1 aromatic heterocycles. The van der Waals surface area contributed by atoms with E-state index in [4.69, 9.17) is 0 Å². The van der Waals surface area contributed by atoms with Crippen molar-refractivity contribution in [2.45, 2.75) is 32.9 Å². The number of hydrogen-bond acceptors (Lipinski definition) is 4. The van der Waals surface area contributed by atoms with Gasteiger partial charge in [-0.2, -0.15) is 0 Å². The Morgan fingerprint density at radius 3 is 2.43 bits per heavy atom. The molecule has 0 saturated heterocycles. The van der Waals surface area contributed by atoms with Gasteiger partial charge in [0.2, 0.25) is 5.91 Å². The van der Waals surface area contributed by atoms with E-state index in [0.717, 1.165) is 28.2 Å². The Kier molecular flexibility index (Phi) is 4.96. The maximum Gasteiger partial charge on any atom is 0.234 e. The molecule has 1 aromatic carbocycles. The smallest absolute Gasteiger partial charge is 0.234 e. The van der Waals surface area contributed by atoms with Gasteiger partial charge in [0.1, 0.15) is 0 Å². The number of nitrogens with zero attached hydrogens (tertiary/aromatic N) is 2. The molecular formula is C16H19N3OS. The molecule has 0 spiro atoms. The summed E-state index contributed by atoms with van der Waals surface area (Å²) in [4.78, 5) is 20.7. The van der Waals surface area contributed by atoms with Crippen LogP contribution in [0.4, 0.5) is 5.69 Å². The molecule has 2 aromatic rings. The fourth-order valence-electron chi connectivity index (χ4n) is 1.95. The van der Waals surface area contributed by atoms with Crippen LogP contribution in [0.25, 0.3) is 0 Å². The number of nitrogens with one attached hydrogen (secondary N) is 1. The molecule has 0 saturated carbocycles. The van der Waals surface area contributed by atoms with E-state index < -0.39 is 0 Å². The summed E-state index contributed by atoms with van der Waals surface area (Å²) >= 11 is 1.35. The number of benzene rings is 1. The summed E-state index contributed by atoms with van der Waals surface area (Å²) in [5.74, 6) is 0.257. The number of hydrogen-bond donors (Lipinski definition) is 1. The van der Waals surface area contributed by atoms with Gasteiger partial charge in [-0.15, -0.1) is 0 Å². The maximum atomic E-state index is 12.0. The van der Waals surface area contributed by atoms with Crippen LogP contribution in [0.1, 0.15) is 22.5 Å². The Balaban J connectivity index is 1.97. The maximum absolute atomic E-state index is 12.0. The number of anilines is 1. The molecule has 110 valence electrons. The SMILES string of the molecule is Cc1ccc(C)c(NC(=O)CSc2nc(C)cc(C)n2)c1. The predicted molar refractivity (Wildman–Crippen MR) is 86.8 cm³/mol. The quantitative estimate of drug-likeness (QED) is 0.694. The van der Waals surface area contributed by atoms with Gasteiger partial charge in [-0.3, -0.25) is 4.79 Å². The molecule has 0 atom stereocenters. The molecule has 4 nitrogen and oxygen atoms in total. The van der Waals surface area contributed by atoms with Crippen molar-refractivity contribution in [3.8, 4) is 0 Å². The van der Waals surface area contributed by atoms with E-state index in [9.17, 15) is 4.79 Å². The topological polar surface area (TPSA) is 54.9 Å². The van der Waals surface area contributed by atoms with Crippen molar-refractivity contribution in [3.63, 3.8) is 0 Å². The third-order valence-corrected chi connectivity index (χ3v) is 3.81. The summed E-state index contributed by atoms with van der Waals surface area (Å²) in [6.45, 7) is 7.84. The van der Waals surface area contributed by atoms with Crippen LogP contribution in [0.3, 0.4) is 0 Å². The van der Waals surface area contributed by atoms with Crippen molar-refractivity contribution >= 4 is 23.4 Å². The van der Waals surface area contributed by atoms with E-state index in [-0.39, 0.29) is 5.91 Å². The first-order valence-corrected chi connectivity index (χ1v) is 7.75. The Morgan fingerprint density at radius 2 is 1.76 bits per heavy atom. The lowest BCUT2D eigenvalue weighted by Gasteiger charge is -2.09. The minimum absolute atomic E-state index is 0.0449. The van der Waals surface area contributed by atoms with Gasteiger partial charge < -0.3 is 5.32 Å². The Labute approximate surface area is 129 Å². The number of carbonyl (C=O) groups excluding carboxylic acids is 1. The largest absolute Gasteiger partial charge is 0.325 e. The number of thioether (sulfide) groups is 1. The zero-order valence-corrected chi connectivity index (χ0v) is 13.5. The minimum Gasteiger partial charge on any atom is -0.325 e. The van der Waals surface area contributed by atoms with Crippen molar-refractivity contribution in [1.29, 1.82) is 0 Å². The highest BCUT2D eigenvalue weighted by Gasteiger charge is 2.08. The van der Waals surface area contributed by atoms with Crippen molar-refractivity contribution in [2.75, 3.05) is 11.1 Å². The zero-order chi connectivity index (χ0) is 15.4. The monoisotopic (exact) mass is 301 g/mol. The summed E-state index contributed by atoms with van der Waals surface area (Å²) in [7, 11) is 0. The first-order valence-electron chi connectivity index (χ1n) is 6.76. The Morgan fingerprint density at radius 1 is 1.10 bits per heavy atom. The molecule has 0 fully saturated rings. The van der Waals surface area contributed by atoms with Gasteiger partial charge in [0.25, 0.3) is 0 Å². The van der Waals surface area contributed by atoms with E-state index in [1.807, 2.05) is 52.0 Å². The van der Waals surface area contributed by atoms with E-state index in [1.54, 1.807) is 0 Å². The zero-order valence-electron chi connectivity index (χ0n) is 12.7. The molecule has 1 heterocycles. The number of amides is 1. The van der Waals surface area contributed by atoms with Crippen LogP contribution in [0, 0.1) is 27.7 Å². The molecule has 0 radical (unpaired) electrons. The van der Waals surface area contributed by atoms with Gasteiger partial charge in [-0.05, 0) is 51.0 Å². The van der Waals surface area contributed by atoms with Gasteiger partial charge in [0.15, 0.2) is 5.16 Å². The average Bonchev–Trinajstić information content (AvgIpc) is 2.40. The third-order valence-electron chi connectivity index (χ3n) is 2.96. The fraction of sp³-hybridized carbons (Fsp3) is 0.312. The molecule has 0 aliphatic heterocycles. The van der Waals surface area contributed by atoms with E-state index in [1.165, 1.54) is 11.8 Å². The highest BCUT2D eigenvalue weighted by Crippen LogP contribution is 2.18. The van der Waals surface area contributed by atoms with Crippen LogP contribution >= 0.6 is 11.8 Å². The lowest BCUT2D eigenvalue weighted by atomic mass is 10.1. The van der Waals surface area contributed by atoms with E-state index in [2.05, 4.69) is 15.3 Å². The second kappa shape index (κ2) is 6.72. The van der Waals surface area contributed by atoms with Gasteiger partial charge >= 0.3 is 0 Å². The second-order valence-corrected chi connectivity index (χ2v) is 6.03. The highest BCUT2D eigenvalue weighted by atomic mass is 32.2. The van der Waals surface area contributed by atoms with Crippen molar-refractivity contribution in [1.82, 2.24) is 9.97 Å². The molecule has 1 N–H and O–H groups in total. The van der Waals surface area contributed by atoms with Crippen LogP contribution in [0.15, 0.2) is 29.4 Å². The number of rotatable bonds is 4. The molecule has 2 rings (SSSR count). The molecule has 0 bridgehead atoms. The third kappa shape index (κ3) is 4.56. The second-order valence-electron chi connectivity index (χ2n) is 5.09. The lowest BCUT2D eigenvalue weighted by Crippen LogP contribution is -2.15. The minimum atomic E-state index is -0.0449. The van der Waals surface area contributed by atoms with Crippen LogP contribution in [0.2, 0.25) is 0 Å². The number of aryl methyl sites for hydroxylation is 4. The number of aromatic nitrogens is 2. The molecule has 5 heteroatoms. The van der Waals surface area contributed by atoms with Gasteiger partial charge in [-0.1, -0.05) is 23.9 Å². The summed E-state index contributed by atoms with van der Waals surface area (Å²) in [5, 5.41) is 3.58. The van der Waals surface area contributed by atoms with Crippen molar-refractivity contribution in [2.24, 2.45) is 0 Å². The fourth-order valence-corrected chi connectivity index (χ4v) is 2.69. The number of carbonyl (C=O) groups is 1. The Bertz CT molecular complexity index is 650. The van der Waals surface area contributed by atoms with Crippen molar-refractivity contribution in [3.05, 3.63) is 46.8 Å². The normalized spacial score (nSPS) is 10.5. The summed E-state index contributed by atoms with van der Waals surface area (Å²) < 4.78 is 0. The summed E-state index contributed by atoms with van der Waals surface area (Å²) in [6, 6.07) is 7.93. The molecule has 1 amide bonds. The highest BCUT2D eigenvalue weighted by molar-refractivity contribution is 7.99. The molecule has 0 aliphatic rings. The lowest BCUT2D eigenvalue weighted by molar-refractivity contribution is -0.113. The van der Waals surface area contributed by atoms with Gasteiger partial charge in [0.05, 0.1) is 5.75 Å². The first kappa shape index (κ1) is 15.5. The average molecular weight is 301 g/mol. The van der Waals surface area contributed by atoms with Crippen LogP contribution in [0.5, 0.6) is 0 Å². The van der Waals surface area contributed by atoms with E-state index in [0.29, 0.717) is 10.9 Å². The standard InChI is InChI=1S/C16H19N3OS/c1-10-5-6-11(2)14(7-10)19-15(20)9-21-16-17-12(3)8-13(4)18-16/h5-8H,9H2,1-4H3,(H,19,20). The molecule has 0 aliphatic carbocycles. The summed E-state index contributed by atoms with van der Waals surface area (Å²) in [5.41, 5.74) is 4.88. The molecule has 0 unspecified atom stereocenters.